The highest BCUT2D eigenvalue weighted by Gasteiger charge is 2.42. The van der Waals surface area contributed by atoms with Crippen molar-refractivity contribution in [1.82, 2.24) is 9.97 Å². The van der Waals surface area contributed by atoms with Crippen molar-refractivity contribution in [2.24, 2.45) is 5.41 Å². The minimum atomic E-state index is -0.345. The summed E-state index contributed by atoms with van der Waals surface area (Å²) in [6.45, 7) is 11.3. The van der Waals surface area contributed by atoms with Gasteiger partial charge in [-0.2, -0.15) is 0 Å². The van der Waals surface area contributed by atoms with Gasteiger partial charge in [0, 0.05) is 22.6 Å². The molecule has 0 N–H and O–H groups in total. The van der Waals surface area contributed by atoms with Gasteiger partial charge in [0.2, 0.25) is 0 Å². The van der Waals surface area contributed by atoms with E-state index in [4.69, 9.17) is 19.4 Å². The molecular weight excluding hydrogens is 552 g/mol. The third-order valence-electron chi connectivity index (χ3n) is 9.06. The summed E-state index contributed by atoms with van der Waals surface area (Å²) in [4.78, 5) is 10.5. The molecule has 0 radical (unpaired) electrons. The average Bonchev–Trinajstić information content (AvgIpc) is 3.05. The van der Waals surface area contributed by atoms with Crippen molar-refractivity contribution >= 4 is 0 Å². The molecule has 4 aromatic carbocycles. The molecule has 1 aromatic heterocycles. The van der Waals surface area contributed by atoms with Crippen LogP contribution in [0.4, 0.5) is 0 Å². The Kier molecular flexibility index (Phi) is 9.25. The Bertz CT molecular complexity index is 1690. The van der Waals surface area contributed by atoms with E-state index < -0.39 is 0 Å². The molecule has 0 bridgehead atoms. The number of aromatic nitrogens is 2. The molecule has 3 unspecified atom stereocenters. The summed E-state index contributed by atoms with van der Waals surface area (Å²) in [7, 11) is 0. The number of nitrogens with zero attached hydrogens (tertiary/aromatic N) is 2. The Hall–Kier alpha value is -4.12. The van der Waals surface area contributed by atoms with Gasteiger partial charge in [0.15, 0.2) is 6.29 Å². The highest BCUT2D eigenvalue weighted by Crippen LogP contribution is 2.48. The molecule has 3 atom stereocenters. The molecule has 0 amide bonds. The van der Waals surface area contributed by atoms with Gasteiger partial charge in [-0.25, -0.2) is 4.98 Å². The van der Waals surface area contributed by atoms with Crippen molar-refractivity contribution in [2.75, 3.05) is 0 Å². The van der Waals surface area contributed by atoms with Crippen molar-refractivity contribution in [1.29, 1.82) is 0 Å². The second-order valence-corrected chi connectivity index (χ2v) is 13.1. The van der Waals surface area contributed by atoms with Crippen molar-refractivity contribution in [3.8, 4) is 44.9 Å². The lowest BCUT2D eigenvalue weighted by Crippen LogP contribution is -2.44. The van der Waals surface area contributed by atoms with Gasteiger partial charge < -0.3 is 9.47 Å². The topological polar surface area (TPSA) is 44.2 Å². The van der Waals surface area contributed by atoms with Crippen LogP contribution in [-0.2, 0) is 9.47 Å². The molecule has 4 heteroatoms. The van der Waals surface area contributed by atoms with E-state index in [1.807, 2.05) is 18.3 Å². The summed E-state index contributed by atoms with van der Waals surface area (Å²) in [6, 6.07) is 38.1. The van der Waals surface area contributed by atoms with Gasteiger partial charge in [0.25, 0.3) is 0 Å². The lowest BCUT2D eigenvalue weighted by molar-refractivity contribution is -0.254. The highest BCUT2D eigenvalue weighted by molar-refractivity contribution is 5.82. The summed E-state index contributed by atoms with van der Waals surface area (Å²) >= 11 is 0. The molecular formula is C41H44N2O2. The first kappa shape index (κ1) is 30.9. The predicted octanol–water partition coefficient (Wildman–Crippen LogP) is 10.6. The quantitative estimate of drug-likeness (QED) is 0.170. The molecule has 230 valence electrons. The second kappa shape index (κ2) is 13.5. The lowest BCUT2D eigenvalue weighted by Gasteiger charge is -2.44. The number of hydrogen-bond acceptors (Lipinski definition) is 4. The Labute approximate surface area is 268 Å². The summed E-state index contributed by atoms with van der Waals surface area (Å²) < 4.78 is 13.1. The molecule has 45 heavy (non-hydrogen) atoms. The van der Waals surface area contributed by atoms with Gasteiger partial charge in [0.1, 0.15) is 0 Å². The molecule has 0 spiro atoms. The van der Waals surface area contributed by atoms with Crippen LogP contribution in [0.15, 0.2) is 115 Å². The Balaban J connectivity index is 1.47. The first-order valence-electron chi connectivity index (χ1n) is 16.3. The number of rotatable bonds is 9. The fraction of sp³-hybridized carbons (Fsp3) is 0.317. The van der Waals surface area contributed by atoms with Gasteiger partial charge in [-0.05, 0) is 48.8 Å². The Morgan fingerprint density at radius 3 is 1.89 bits per heavy atom. The SMILES string of the molecule is CCCC(C)(C)C(c1ccccc1-c1ncc(-c2ccc(-c3ccccc3)cc2)nc1-c1ccccc1)C1OC(C)CC(C)O1. The van der Waals surface area contributed by atoms with E-state index in [0.29, 0.717) is 0 Å². The van der Waals surface area contributed by atoms with Crippen LogP contribution in [0.5, 0.6) is 0 Å². The van der Waals surface area contributed by atoms with Crippen molar-refractivity contribution in [3.05, 3.63) is 121 Å². The first-order valence-corrected chi connectivity index (χ1v) is 16.3. The van der Waals surface area contributed by atoms with Crippen LogP contribution >= 0.6 is 0 Å². The van der Waals surface area contributed by atoms with Gasteiger partial charge >= 0.3 is 0 Å². The lowest BCUT2D eigenvalue weighted by atomic mass is 9.70. The second-order valence-electron chi connectivity index (χ2n) is 13.1. The largest absolute Gasteiger partial charge is 0.349 e. The highest BCUT2D eigenvalue weighted by atomic mass is 16.7. The van der Waals surface area contributed by atoms with Crippen LogP contribution in [0.3, 0.4) is 0 Å². The maximum absolute atomic E-state index is 6.57. The monoisotopic (exact) mass is 596 g/mol. The van der Waals surface area contributed by atoms with E-state index in [0.717, 1.165) is 53.0 Å². The van der Waals surface area contributed by atoms with Crippen molar-refractivity contribution in [3.63, 3.8) is 0 Å². The summed E-state index contributed by atoms with van der Waals surface area (Å²) in [5.41, 5.74) is 9.22. The van der Waals surface area contributed by atoms with E-state index in [-0.39, 0.29) is 29.8 Å². The van der Waals surface area contributed by atoms with Crippen LogP contribution < -0.4 is 0 Å². The van der Waals surface area contributed by atoms with Gasteiger partial charge in [-0.1, -0.05) is 136 Å². The molecule has 5 aromatic rings. The molecule has 6 rings (SSSR count). The maximum Gasteiger partial charge on any atom is 0.165 e. The summed E-state index contributed by atoms with van der Waals surface area (Å²) in [6.07, 6.45) is 4.87. The number of ether oxygens (including phenoxy) is 2. The average molecular weight is 597 g/mol. The fourth-order valence-electron chi connectivity index (χ4n) is 6.93. The molecule has 1 fully saturated rings. The van der Waals surface area contributed by atoms with Crippen molar-refractivity contribution < 1.29 is 9.47 Å². The van der Waals surface area contributed by atoms with Crippen LogP contribution in [0.25, 0.3) is 44.9 Å². The zero-order valence-electron chi connectivity index (χ0n) is 27.1. The van der Waals surface area contributed by atoms with Crippen LogP contribution in [0.1, 0.15) is 65.4 Å². The fourth-order valence-corrected chi connectivity index (χ4v) is 6.93. The molecule has 1 saturated heterocycles. The third-order valence-corrected chi connectivity index (χ3v) is 9.06. The summed E-state index contributed by atoms with van der Waals surface area (Å²) in [5.74, 6) is 0.00878. The van der Waals surface area contributed by atoms with Crippen LogP contribution in [-0.4, -0.2) is 28.5 Å². The Morgan fingerprint density at radius 2 is 1.24 bits per heavy atom. The molecule has 1 aliphatic rings. The smallest absolute Gasteiger partial charge is 0.165 e. The Morgan fingerprint density at radius 1 is 0.689 bits per heavy atom. The number of hydrogen-bond donors (Lipinski definition) is 0. The zero-order valence-corrected chi connectivity index (χ0v) is 27.1. The molecule has 4 nitrogen and oxygen atoms in total. The third kappa shape index (κ3) is 6.78. The minimum absolute atomic E-state index is 0.00878. The van der Waals surface area contributed by atoms with Crippen LogP contribution in [0, 0.1) is 5.41 Å². The minimum Gasteiger partial charge on any atom is -0.349 e. The van der Waals surface area contributed by atoms with E-state index in [9.17, 15) is 0 Å². The van der Waals surface area contributed by atoms with Gasteiger partial charge in [0.05, 0.1) is 35.5 Å². The molecule has 2 heterocycles. The molecule has 0 aliphatic carbocycles. The predicted molar refractivity (Wildman–Crippen MR) is 185 cm³/mol. The zero-order chi connectivity index (χ0) is 31.4. The van der Waals surface area contributed by atoms with Gasteiger partial charge in [-0.15, -0.1) is 0 Å². The van der Waals surface area contributed by atoms with E-state index >= 15 is 0 Å². The maximum atomic E-state index is 6.57. The van der Waals surface area contributed by atoms with Gasteiger partial charge in [-0.3, -0.25) is 4.98 Å². The van der Waals surface area contributed by atoms with E-state index in [2.05, 4.69) is 132 Å². The number of benzene rings is 4. The molecule has 1 aliphatic heterocycles. The van der Waals surface area contributed by atoms with Crippen LogP contribution in [0.2, 0.25) is 0 Å². The van der Waals surface area contributed by atoms with Crippen molar-refractivity contribution in [2.45, 2.75) is 78.3 Å². The first-order chi connectivity index (χ1) is 21.8. The molecule has 0 saturated carbocycles. The standard InChI is InChI=1S/C41H44N2O2/c1-6-25-41(4,5)37(40-44-28(2)26-29(3)45-40)34-19-13-14-20-35(34)39-38(33-17-11-8-12-18-33)43-36(27-42-39)32-23-21-31(22-24-32)30-15-9-7-10-16-30/h7-24,27-29,37,40H,6,25-26H2,1-5H3. The van der Waals surface area contributed by atoms with E-state index in [1.165, 1.54) is 16.7 Å². The summed E-state index contributed by atoms with van der Waals surface area (Å²) in [5, 5.41) is 0. The normalized spacial score (nSPS) is 19.3. The van der Waals surface area contributed by atoms with E-state index in [1.54, 1.807) is 0 Å².